The summed E-state index contributed by atoms with van der Waals surface area (Å²) < 4.78 is 5.57. The molecule has 132 valence electrons. The Kier molecular flexibility index (Phi) is 5.77. The van der Waals surface area contributed by atoms with Crippen molar-refractivity contribution in [3.05, 3.63) is 72.3 Å². The Labute approximate surface area is 152 Å². The van der Waals surface area contributed by atoms with E-state index in [1.807, 2.05) is 61.5 Å². The number of benzene rings is 2. The van der Waals surface area contributed by atoms with Crippen LogP contribution >= 0.6 is 0 Å². The van der Waals surface area contributed by atoms with Crippen LogP contribution in [0.4, 0.5) is 17.3 Å². The van der Waals surface area contributed by atoms with Gasteiger partial charge in [-0.25, -0.2) is 0 Å². The molecule has 0 fully saturated rings. The number of carbonyl (C=O) groups is 1. The van der Waals surface area contributed by atoms with Crippen LogP contribution in [-0.2, 0) is 11.2 Å². The van der Waals surface area contributed by atoms with Gasteiger partial charge in [-0.1, -0.05) is 42.5 Å². The summed E-state index contributed by atoms with van der Waals surface area (Å²) in [7, 11) is 0. The quantitative estimate of drug-likeness (QED) is 0.679. The Morgan fingerprint density at radius 2 is 1.62 bits per heavy atom. The zero-order chi connectivity index (χ0) is 18.2. The average Bonchev–Trinajstić information content (AvgIpc) is 2.66. The van der Waals surface area contributed by atoms with Gasteiger partial charge in [0.05, 0.1) is 18.7 Å². The van der Waals surface area contributed by atoms with E-state index in [2.05, 4.69) is 20.8 Å². The number of rotatable bonds is 7. The van der Waals surface area contributed by atoms with Crippen LogP contribution in [0.25, 0.3) is 0 Å². The molecular formula is C20H20N4O2. The third-order valence-corrected chi connectivity index (χ3v) is 3.59. The Morgan fingerprint density at radius 3 is 2.35 bits per heavy atom. The minimum Gasteiger partial charge on any atom is -0.492 e. The summed E-state index contributed by atoms with van der Waals surface area (Å²) in [5, 5.41) is 14.1. The number of hydrogen-bond donors (Lipinski definition) is 2. The fourth-order valence-electron chi connectivity index (χ4n) is 2.42. The summed E-state index contributed by atoms with van der Waals surface area (Å²) in [5.74, 6) is 1.60. The lowest BCUT2D eigenvalue weighted by atomic mass is 10.1. The van der Waals surface area contributed by atoms with Gasteiger partial charge in [0.15, 0.2) is 11.6 Å². The fraction of sp³-hybridized carbons (Fsp3) is 0.150. The van der Waals surface area contributed by atoms with Crippen molar-refractivity contribution in [2.75, 3.05) is 17.2 Å². The number of para-hydroxylation sites is 2. The van der Waals surface area contributed by atoms with Crippen molar-refractivity contribution in [2.24, 2.45) is 0 Å². The molecule has 0 aliphatic rings. The van der Waals surface area contributed by atoms with Crippen molar-refractivity contribution >= 4 is 23.2 Å². The number of carbonyl (C=O) groups excluding carboxylic acids is 1. The zero-order valence-corrected chi connectivity index (χ0v) is 14.5. The molecule has 2 N–H and O–H groups in total. The average molecular weight is 348 g/mol. The van der Waals surface area contributed by atoms with Crippen LogP contribution in [0.5, 0.6) is 5.75 Å². The van der Waals surface area contributed by atoms with Crippen LogP contribution in [0.15, 0.2) is 66.7 Å². The highest BCUT2D eigenvalue weighted by atomic mass is 16.5. The molecule has 2 aromatic carbocycles. The van der Waals surface area contributed by atoms with E-state index in [1.54, 1.807) is 12.1 Å². The van der Waals surface area contributed by atoms with Gasteiger partial charge < -0.3 is 15.4 Å². The first-order chi connectivity index (χ1) is 12.7. The largest absolute Gasteiger partial charge is 0.492 e. The van der Waals surface area contributed by atoms with Gasteiger partial charge in [-0.15, -0.1) is 10.2 Å². The second kappa shape index (κ2) is 8.62. The highest BCUT2D eigenvalue weighted by molar-refractivity contribution is 5.91. The summed E-state index contributed by atoms with van der Waals surface area (Å²) in [6.45, 7) is 2.51. The SMILES string of the molecule is CCOc1ccccc1Nc1ccc(NC(=O)Cc2ccccc2)nn1. The molecule has 3 rings (SSSR count). The van der Waals surface area contributed by atoms with Crippen molar-refractivity contribution < 1.29 is 9.53 Å². The Balaban J connectivity index is 1.61. The van der Waals surface area contributed by atoms with E-state index in [0.717, 1.165) is 17.0 Å². The van der Waals surface area contributed by atoms with Gasteiger partial charge in [-0.2, -0.15) is 0 Å². The van der Waals surface area contributed by atoms with E-state index in [9.17, 15) is 4.79 Å². The Bertz CT molecular complexity index is 851. The molecule has 0 atom stereocenters. The van der Waals surface area contributed by atoms with Crippen LogP contribution in [0.3, 0.4) is 0 Å². The molecule has 0 unspecified atom stereocenters. The van der Waals surface area contributed by atoms with E-state index < -0.39 is 0 Å². The van der Waals surface area contributed by atoms with Crippen LogP contribution in [-0.4, -0.2) is 22.7 Å². The number of amides is 1. The predicted octanol–water partition coefficient (Wildman–Crippen LogP) is 3.80. The summed E-state index contributed by atoms with van der Waals surface area (Å²) >= 11 is 0. The molecule has 0 aliphatic carbocycles. The second-order valence-corrected chi connectivity index (χ2v) is 5.57. The number of anilines is 3. The van der Waals surface area contributed by atoms with Gasteiger partial charge in [-0.05, 0) is 36.8 Å². The summed E-state index contributed by atoms with van der Waals surface area (Å²) in [5.41, 5.74) is 1.76. The topological polar surface area (TPSA) is 76.1 Å². The monoisotopic (exact) mass is 348 g/mol. The van der Waals surface area contributed by atoms with Crippen molar-refractivity contribution in [1.82, 2.24) is 10.2 Å². The molecule has 1 heterocycles. The van der Waals surface area contributed by atoms with Crippen LogP contribution < -0.4 is 15.4 Å². The van der Waals surface area contributed by atoms with E-state index in [4.69, 9.17) is 4.74 Å². The molecule has 3 aromatic rings. The smallest absolute Gasteiger partial charge is 0.229 e. The van der Waals surface area contributed by atoms with Gasteiger partial charge >= 0.3 is 0 Å². The Hall–Kier alpha value is -3.41. The van der Waals surface area contributed by atoms with Crippen LogP contribution in [0.2, 0.25) is 0 Å². The van der Waals surface area contributed by atoms with E-state index >= 15 is 0 Å². The minimum absolute atomic E-state index is 0.132. The first kappa shape index (κ1) is 17.4. The molecule has 0 spiro atoms. The summed E-state index contributed by atoms with van der Waals surface area (Å²) in [6.07, 6.45) is 0.296. The molecule has 0 saturated carbocycles. The van der Waals surface area contributed by atoms with Crippen molar-refractivity contribution in [1.29, 1.82) is 0 Å². The number of nitrogens with one attached hydrogen (secondary N) is 2. The third kappa shape index (κ3) is 4.80. The number of nitrogens with zero attached hydrogens (tertiary/aromatic N) is 2. The standard InChI is InChI=1S/C20H20N4O2/c1-2-26-17-11-7-6-10-16(17)21-18-12-13-19(24-23-18)22-20(25)14-15-8-4-3-5-9-15/h3-13H,2,14H2,1H3,(H,21,23)(H,22,24,25). The molecule has 0 bridgehead atoms. The molecule has 0 aliphatic heterocycles. The lowest BCUT2D eigenvalue weighted by Gasteiger charge is -2.11. The lowest BCUT2D eigenvalue weighted by molar-refractivity contribution is -0.115. The number of ether oxygens (including phenoxy) is 1. The van der Waals surface area contributed by atoms with Gasteiger partial charge in [0, 0.05) is 0 Å². The lowest BCUT2D eigenvalue weighted by Crippen LogP contribution is -2.15. The van der Waals surface area contributed by atoms with Crippen molar-refractivity contribution in [3.63, 3.8) is 0 Å². The van der Waals surface area contributed by atoms with Crippen LogP contribution in [0, 0.1) is 0 Å². The molecule has 0 saturated heterocycles. The van der Waals surface area contributed by atoms with Crippen molar-refractivity contribution in [2.45, 2.75) is 13.3 Å². The molecule has 1 amide bonds. The molecule has 6 nitrogen and oxygen atoms in total. The first-order valence-electron chi connectivity index (χ1n) is 8.41. The maximum atomic E-state index is 12.1. The number of hydrogen-bond acceptors (Lipinski definition) is 5. The number of aromatic nitrogens is 2. The van der Waals surface area contributed by atoms with Gasteiger partial charge in [0.2, 0.25) is 5.91 Å². The van der Waals surface area contributed by atoms with E-state index in [0.29, 0.717) is 24.7 Å². The molecule has 1 aromatic heterocycles. The van der Waals surface area contributed by atoms with Gasteiger partial charge in [0.25, 0.3) is 0 Å². The molecular weight excluding hydrogens is 328 g/mol. The van der Waals surface area contributed by atoms with Gasteiger partial charge in [-0.3, -0.25) is 4.79 Å². The normalized spacial score (nSPS) is 10.2. The summed E-state index contributed by atoms with van der Waals surface area (Å²) in [4.78, 5) is 12.1. The predicted molar refractivity (Wildman–Crippen MR) is 102 cm³/mol. The highest BCUT2D eigenvalue weighted by Gasteiger charge is 2.07. The van der Waals surface area contributed by atoms with Crippen molar-refractivity contribution in [3.8, 4) is 5.75 Å². The second-order valence-electron chi connectivity index (χ2n) is 5.57. The maximum Gasteiger partial charge on any atom is 0.229 e. The molecule has 0 radical (unpaired) electrons. The van der Waals surface area contributed by atoms with Gasteiger partial charge in [0.1, 0.15) is 5.75 Å². The fourth-order valence-corrected chi connectivity index (χ4v) is 2.42. The maximum absolute atomic E-state index is 12.1. The third-order valence-electron chi connectivity index (χ3n) is 3.59. The minimum atomic E-state index is -0.132. The van der Waals surface area contributed by atoms with E-state index in [-0.39, 0.29) is 5.91 Å². The Morgan fingerprint density at radius 1 is 0.923 bits per heavy atom. The molecule has 6 heteroatoms. The zero-order valence-electron chi connectivity index (χ0n) is 14.5. The highest BCUT2D eigenvalue weighted by Crippen LogP contribution is 2.26. The first-order valence-corrected chi connectivity index (χ1v) is 8.41. The molecule has 26 heavy (non-hydrogen) atoms. The summed E-state index contributed by atoms with van der Waals surface area (Å²) in [6, 6.07) is 20.6. The van der Waals surface area contributed by atoms with Crippen LogP contribution in [0.1, 0.15) is 12.5 Å². The van der Waals surface area contributed by atoms with E-state index in [1.165, 1.54) is 0 Å².